The highest BCUT2D eigenvalue weighted by Crippen LogP contribution is 2.53. The third-order valence-corrected chi connectivity index (χ3v) is 5.83. The molecule has 1 heterocycles. The van der Waals surface area contributed by atoms with E-state index in [-0.39, 0.29) is 17.8 Å². The molecule has 0 amide bonds. The summed E-state index contributed by atoms with van der Waals surface area (Å²) in [4.78, 5) is 0. The van der Waals surface area contributed by atoms with Crippen LogP contribution in [0.25, 0.3) is 5.57 Å². The Bertz CT molecular complexity index is 615. The Labute approximate surface area is 138 Å². The fourth-order valence-electron chi connectivity index (χ4n) is 4.37. The summed E-state index contributed by atoms with van der Waals surface area (Å²) >= 11 is 0. The lowest BCUT2D eigenvalue weighted by Crippen LogP contribution is -2.38. The van der Waals surface area contributed by atoms with E-state index < -0.39 is 0 Å². The summed E-state index contributed by atoms with van der Waals surface area (Å²) in [6.45, 7) is 3.21. The van der Waals surface area contributed by atoms with Crippen molar-refractivity contribution >= 4 is 5.57 Å². The predicted octanol–water partition coefficient (Wildman–Crippen LogP) is 4.35. The summed E-state index contributed by atoms with van der Waals surface area (Å²) < 4.78 is 17.6. The predicted molar refractivity (Wildman–Crippen MR) is 90.5 cm³/mol. The van der Waals surface area contributed by atoms with E-state index in [4.69, 9.17) is 14.2 Å². The van der Waals surface area contributed by atoms with Gasteiger partial charge in [0, 0.05) is 12.0 Å². The average molecular weight is 314 g/mol. The van der Waals surface area contributed by atoms with Gasteiger partial charge in [0.05, 0.1) is 13.2 Å². The molecule has 1 saturated heterocycles. The molecule has 124 valence electrons. The lowest BCUT2D eigenvalue weighted by atomic mass is 9.69. The van der Waals surface area contributed by atoms with Crippen molar-refractivity contribution in [2.24, 2.45) is 5.41 Å². The Morgan fingerprint density at radius 1 is 1.26 bits per heavy atom. The molecule has 4 rings (SSSR count). The zero-order valence-corrected chi connectivity index (χ0v) is 14.1. The number of hydrogen-bond donors (Lipinski definition) is 0. The first kappa shape index (κ1) is 15.2. The maximum absolute atomic E-state index is 6.39. The molecule has 0 saturated carbocycles. The van der Waals surface area contributed by atoms with Gasteiger partial charge in [0.25, 0.3) is 0 Å². The summed E-state index contributed by atoms with van der Waals surface area (Å²) in [5, 5.41) is 0. The molecule has 0 spiro atoms. The van der Waals surface area contributed by atoms with E-state index in [0.29, 0.717) is 0 Å². The number of hydrogen-bond acceptors (Lipinski definition) is 3. The van der Waals surface area contributed by atoms with Gasteiger partial charge in [-0.3, -0.25) is 0 Å². The summed E-state index contributed by atoms with van der Waals surface area (Å²) in [5.74, 6) is 0.953. The molecule has 23 heavy (non-hydrogen) atoms. The Kier molecular flexibility index (Phi) is 3.94. The van der Waals surface area contributed by atoms with Crippen molar-refractivity contribution < 1.29 is 14.2 Å². The highest BCUT2D eigenvalue weighted by Gasteiger charge is 2.46. The highest BCUT2D eigenvalue weighted by atomic mass is 16.7. The summed E-state index contributed by atoms with van der Waals surface area (Å²) in [6.07, 6.45) is 9.27. The molecular formula is C20H26O3. The fourth-order valence-corrected chi connectivity index (χ4v) is 4.37. The van der Waals surface area contributed by atoms with Gasteiger partial charge in [-0.05, 0) is 67.4 Å². The fraction of sp³-hybridized carbons (Fsp3) is 0.600. The molecule has 1 aromatic carbocycles. The minimum Gasteiger partial charge on any atom is -0.497 e. The van der Waals surface area contributed by atoms with Gasteiger partial charge in [-0.25, -0.2) is 0 Å². The number of fused-ring (bicyclic) bond motifs is 3. The maximum atomic E-state index is 6.39. The van der Waals surface area contributed by atoms with Crippen molar-refractivity contribution in [1.29, 1.82) is 0 Å². The molecule has 0 N–H and O–H groups in total. The second-order valence-electron chi connectivity index (χ2n) is 7.21. The topological polar surface area (TPSA) is 27.7 Å². The van der Waals surface area contributed by atoms with Crippen LogP contribution in [0, 0.1) is 5.41 Å². The van der Waals surface area contributed by atoms with Gasteiger partial charge in [-0.1, -0.05) is 19.1 Å². The third kappa shape index (κ3) is 2.60. The molecule has 1 aliphatic heterocycles. The molecule has 1 fully saturated rings. The standard InChI is InChI=1S/C20H26O3/c1-20-11-10-14-13-15(21-2)6-7-16(14)17(20)8-9-18(20)23-19-5-3-4-12-22-19/h6-8,13,18-19H,3-5,9-12H2,1-2H3/t18?,19?,20-/m0/s1. The Balaban J connectivity index is 1.56. The van der Waals surface area contributed by atoms with Crippen LogP contribution >= 0.6 is 0 Å². The number of benzene rings is 1. The summed E-state index contributed by atoms with van der Waals surface area (Å²) in [5.41, 5.74) is 4.36. The minimum absolute atomic E-state index is 0.00408. The zero-order valence-electron chi connectivity index (χ0n) is 14.1. The monoisotopic (exact) mass is 314 g/mol. The Hall–Kier alpha value is -1.32. The molecule has 3 heteroatoms. The van der Waals surface area contributed by atoms with Gasteiger partial charge in [0.1, 0.15) is 5.75 Å². The van der Waals surface area contributed by atoms with E-state index in [9.17, 15) is 0 Å². The molecule has 0 aromatic heterocycles. The minimum atomic E-state index is -0.00408. The van der Waals surface area contributed by atoms with E-state index in [2.05, 4.69) is 31.2 Å². The largest absolute Gasteiger partial charge is 0.497 e. The summed E-state index contributed by atoms with van der Waals surface area (Å²) in [7, 11) is 1.73. The first-order valence-electron chi connectivity index (χ1n) is 8.86. The second kappa shape index (κ2) is 5.95. The number of ether oxygens (including phenoxy) is 3. The van der Waals surface area contributed by atoms with Crippen molar-refractivity contribution in [3.8, 4) is 5.75 Å². The first-order valence-corrected chi connectivity index (χ1v) is 8.86. The lowest BCUT2D eigenvalue weighted by Gasteiger charge is -2.41. The van der Waals surface area contributed by atoms with Crippen LogP contribution in [-0.4, -0.2) is 26.1 Å². The van der Waals surface area contributed by atoms with Gasteiger partial charge in [0.2, 0.25) is 0 Å². The Morgan fingerprint density at radius 3 is 2.96 bits per heavy atom. The normalized spacial score (nSPS) is 32.9. The number of aryl methyl sites for hydroxylation is 1. The van der Waals surface area contributed by atoms with Crippen LogP contribution in [0.3, 0.4) is 0 Å². The van der Waals surface area contributed by atoms with Gasteiger partial charge in [-0.15, -0.1) is 0 Å². The molecule has 2 unspecified atom stereocenters. The summed E-state index contributed by atoms with van der Waals surface area (Å²) in [6, 6.07) is 6.48. The van der Waals surface area contributed by atoms with Crippen LogP contribution in [-0.2, 0) is 15.9 Å². The molecule has 0 radical (unpaired) electrons. The quantitative estimate of drug-likeness (QED) is 0.830. The van der Waals surface area contributed by atoms with E-state index in [0.717, 1.165) is 38.0 Å². The second-order valence-corrected chi connectivity index (χ2v) is 7.21. The number of methoxy groups -OCH3 is 1. The van der Waals surface area contributed by atoms with Crippen molar-refractivity contribution in [3.63, 3.8) is 0 Å². The molecule has 1 aromatic rings. The van der Waals surface area contributed by atoms with Gasteiger partial charge >= 0.3 is 0 Å². The van der Waals surface area contributed by atoms with Crippen molar-refractivity contribution in [2.75, 3.05) is 13.7 Å². The zero-order chi connectivity index (χ0) is 15.9. The highest BCUT2D eigenvalue weighted by molar-refractivity contribution is 5.77. The Morgan fingerprint density at radius 2 is 2.17 bits per heavy atom. The SMILES string of the molecule is COc1ccc2c(c1)CC[C@@]1(C)C2=CCC1OC1CCCCO1. The molecular weight excluding hydrogens is 288 g/mol. The van der Waals surface area contributed by atoms with Crippen LogP contribution < -0.4 is 4.74 Å². The van der Waals surface area contributed by atoms with Crippen molar-refractivity contribution in [1.82, 2.24) is 0 Å². The van der Waals surface area contributed by atoms with E-state index in [1.165, 1.54) is 29.5 Å². The van der Waals surface area contributed by atoms with Gasteiger partial charge in [0.15, 0.2) is 6.29 Å². The van der Waals surface area contributed by atoms with Gasteiger partial charge < -0.3 is 14.2 Å². The third-order valence-electron chi connectivity index (χ3n) is 5.83. The lowest BCUT2D eigenvalue weighted by molar-refractivity contribution is -0.202. The van der Waals surface area contributed by atoms with Gasteiger partial charge in [-0.2, -0.15) is 0 Å². The number of rotatable bonds is 3. The van der Waals surface area contributed by atoms with Crippen molar-refractivity contribution in [2.45, 2.75) is 57.8 Å². The molecule has 3 aliphatic rings. The van der Waals surface area contributed by atoms with E-state index in [1.54, 1.807) is 7.11 Å². The van der Waals surface area contributed by atoms with Crippen LogP contribution in [0.2, 0.25) is 0 Å². The van der Waals surface area contributed by atoms with E-state index in [1.807, 2.05) is 0 Å². The van der Waals surface area contributed by atoms with E-state index >= 15 is 0 Å². The van der Waals surface area contributed by atoms with Crippen LogP contribution in [0.4, 0.5) is 0 Å². The smallest absolute Gasteiger partial charge is 0.158 e. The average Bonchev–Trinajstić information content (AvgIpc) is 2.92. The van der Waals surface area contributed by atoms with Crippen molar-refractivity contribution in [3.05, 3.63) is 35.4 Å². The maximum Gasteiger partial charge on any atom is 0.158 e. The molecule has 0 bridgehead atoms. The molecule has 3 atom stereocenters. The van der Waals surface area contributed by atoms with Crippen LogP contribution in [0.5, 0.6) is 5.75 Å². The first-order chi connectivity index (χ1) is 11.2. The molecule has 3 nitrogen and oxygen atoms in total. The molecule has 2 aliphatic carbocycles. The van der Waals surface area contributed by atoms with Crippen LogP contribution in [0.15, 0.2) is 24.3 Å². The van der Waals surface area contributed by atoms with Crippen LogP contribution in [0.1, 0.15) is 50.2 Å².